The lowest BCUT2D eigenvalue weighted by atomic mass is 9.85. The molecule has 1 aliphatic heterocycles. The largest absolute Gasteiger partial charge is 0.341 e. The third kappa shape index (κ3) is 4.48. The zero-order chi connectivity index (χ0) is 15.4. The molecule has 1 N–H and O–H groups in total. The minimum Gasteiger partial charge on any atom is -0.341 e. The third-order valence-corrected chi connectivity index (χ3v) is 5.37. The molecular weight excluding hydrogens is 308 g/mol. The van der Waals surface area contributed by atoms with Crippen molar-refractivity contribution in [3.05, 3.63) is 35.9 Å². The lowest BCUT2D eigenvalue weighted by Gasteiger charge is -2.25. The van der Waals surface area contributed by atoms with E-state index in [1.807, 2.05) is 11.0 Å². The Balaban J connectivity index is 0.00000192. The van der Waals surface area contributed by atoms with Crippen molar-refractivity contribution in [3.63, 3.8) is 0 Å². The van der Waals surface area contributed by atoms with Crippen molar-refractivity contribution in [2.24, 2.45) is 5.92 Å². The van der Waals surface area contributed by atoms with Crippen LogP contribution in [-0.4, -0.2) is 36.0 Å². The third-order valence-electron chi connectivity index (χ3n) is 5.37. The summed E-state index contributed by atoms with van der Waals surface area (Å²) in [4.78, 5) is 14.8. The molecule has 1 saturated carbocycles. The summed E-state index contributed by atoms with van der Waals surface area (Å²) < 4.78 is 0. The van der Waals surface area contributed by atoms with Gasteiger partial charge in [0.1, 0.15) is 0 Å². The highest BCUT2D eigenvalue weighted by molar-refractivity contribution is 5.85. The molecule has 2 aliphatic rings. The molecule has 1 amide bonds. The zero-order valence-electron chi connectivity index (χ0n) is 14.0. The molecule has 1 heterocycles. The summed E-state index contributed by atoms with van der Waals surface area (Å²) >= 11 is 0. The van der Waals surface area contributed by atoms with E-state index < -0.39 is 0 Å². The number of nitrogens with zero attached hydrogens (tertiary/aromatic N) is 1. The minimum absolute atomic E-state index is 0. The molecule has 128 valence electrons. The molecule has 3 atom stereocenters. The summed E-state index contributed by atoms with van der Waals surface area (Å²) in [6.07, 6.45) is 7.21. The normalized spacial score (nSPS) is 26.2. The van der Waals surface area contributed by atoms with E-state index in [2.05, 4.69) is 36.5 Å². The summed E-state index contributed by atoms with van der Waals surface area (Å²) in [5.74, 6) is 1.04. The topological polar surface area (TPSA) is 32.3 Å². The lowest BCUT2D eigenvalue weighted by Crippen LogP contribution is -2.46. The van der Waals surface area contributed by atoms with Gasteiger partial charge in [0.25, 0.3) is 0 Å². The standard InChI is InChI=1S/C19H28N2O.ClH/c1-2-21(13-12-15-8-4-3-5-9-15)19(22)18-14-16-10-6-7-11-17(16)20-18;/h3-5,8-9,16-18,20H,2,6-7,10-14H2,1H3;1H. The highest BCUT2D eigenvalue weighted by Crippen LogP contribution is 2.33. The monoisotopic (exact) mass is 336 g/mol. The van der Waals surface area contributed by atoms with Crippen LogP contribution >= 0.6 is 12.4 Å². The fraction of sp³-hybridized carbons (Fsp3) is 0.632. The van der Waals surface area contributed by atoms with Gasteiger partial charge in [0.05, 0.1) is 6.04 Å². The summed E-state index contributed by atoms with van der Waals surface area (Å²) in [6, 6.07) is 11.1. The van der Waals surface area contributed by atoms with Gasteiger partial charge >= 0.3 is 0 Å². The van der Waals surface area contributed by atoms with Gasteiger partial charge in [0, 0.05) is 19.1 Å². The SMILES string of the molecule is CCN(CCc1ccccc1)C(=O)C1CC2CCCCC2N1.Cl. The van der Waals surface area contributed by atoms with Crippen molar-refractivity contribution in [1.29, 1.82) is 0 Å². The zero-order valence-corrected chi connectivity index (χ0v) is 14.9. The van der Waals surface area contributed by atoms with E-state index in [4.69, 9.17) is 0 Å². The molecule has 0 radical (unpaired) electrons. The first kappa shape index (κ1) is 18.3. The van der Waals surface area contributed by atoms with Crippen LogP contribution in [0.5, 0.6) is 0 Å². The van der Waals surface area contributed by atoms with Crippen LogP contribution < -0.4 is 5.32 Å². The van der Waals surface area contributed by atoms with Gasteiger partial charge in [-0.1, -0.05) is 43.2 Å². The van der Waals surface area contributed by atoms with Crippen LogP contribution in [0.2, 0.25) is 0 Å². The summed E-state index contributed by atoms with van der Waals surface area (Å²) in [5, 5.41) is 3.61. The Morgan fingerprint density at radius 1 is 1.22 bits per heavy atom. The van der Waals surface area contributed by atoms with E-state index in [1.165, 1.54) is 31.2 Å². The van der Waals surface area contributed by atoms with Crippen LogP contribution in [0.25, 0.3) is 0 Å². The van der Waals surface area contributed by atoms with Crippen molar-refractivity contribution < 1.29 is 4.79 Å². The van der Waals surface area contributed by atoms with Gasteiger partial charge in [0.2, 0.25) is 5.91 Å². The fourth-order valence-electron chi connectivity index (χ4n) is 4.06. The maximum Gasteiger partial charge on any atom is 0.239 e. The van der Waals surface area contributed by atoms with Crippen LogP contribution in [0.15, 0.2) is 30.3 Å². The first-order valence-electron chi connectivity index (χ1n) is 8.86. The quantitative estimate of drug-likeness (QED) is 0.893. The number of amides is 1. The number of rotatable bonds is 5. The Kier molecular flexibility index (Phi) is 6.91. The first-order valence-corrected chi connectivity index (χ1v) is 8.86. The molecule has 3 rings (SSSR count). The molecule has 4 heteroatoms. The first-order chi connectivity index (χ1) is 10.8. The highest BCUT2D eigenvalue weighted by Gasteiger charge is 2.39. The maximum atomic E-state index is 12.8. The predicted molar refractivity (Wildman–Crippen MR) is 96.9 cm³/mol. The Labute approximate surface area is 146 Å². The summed E-state index contributed by atoms with van der Waals surface area (Å²) in [7, 11) is 0. The molecule has 3 nitrogen and oxygen atoms in total. The van der Waals surface area contributed by atoms with Gasteiger partial charge in [-0.2, -0.15) is 0 Å². The molecule has 1 aliphatic carbocycles. The number of carbonyl (C=O) groups excluding carboxylic acids is 1. The number of nitrogens with one attached hydrogen (secondary N) is 1. The molecule has 0 bridgehead atoms. The van der Waals surface area contributed by atoms with E-state index in [0.29, 0.717) is 11.9 Å². The van der Waals surface area contributed by atoms with E-state index >= 15 is 0 Å². The number of fused-ring (bicyclic) bond motifs is 1. The fourth-order valence-corrected chi connectivity index (χ4v) is 4.06. The Bertz CT molecular complexity index is 479. The van der Waals surface area contributed by atoms with Gasteiger partial charge in [0.15, 0.2) is 0 Å². The maximum absolute atomic E-state index is 12.8. The second-order valence-electron chi connectivity index (χ2n) is 6.76. The second-order valence-corrected chi connectivity index (χ2v) is 6.76. The van der Waals surface area contributed by atoms with Crippen molar-refractivity contribution in [2.75, 3.05) is 13.1 Å². The molecule has 0 aromatic heterocycles. The van der Waals surface area contributed by atoms with Gasteiger partial charge in [-0.05, 0) is 44.1 Å². The Morgan fingerprint density at radius 3 is 2.65 bits per heavy atom. The molecule has 1 aromatic rings. The average Bonchev–Trinajstić information content (AvgIpc) is 3.00. The molecule has 0 spiro atoms. The van der Waals surface area contributed by atoms with E-state index in [9.17, 15) is 4.79 Å². The molecular formula is C19H29ClN2O. The number of hydrogen-bond acceptors (Lipinski definition) is 2. The van der Waals surface area contributed by atoms with Gasteiger partial charge < -0.3 is 10.2 Å². The number of halogens is 1. The Morgan fingerprint density at radius 2 is 1.96 bits per heavy atom. The van der Waals surface area contributed by atoms with E-state index in [1.54, 1.807) is 0 Å². The average molecular weight is 337 g/mol. The Hall–Kier alpha value is -1.06. The number of likely N-dealkylation sites (N-methyl/N-ethyl adjacent to an activating group) is 1. The van der Waals surface area contributed by atoms with E-state index in [0.717, 1.165) is 31.8 Å². The van der Waals surface area contributed by atoms with Gasteiger partial charge in [-0.25, -0.2) is 0 Å². The van der Waals surface area contributed by atoms with Crippen molar-refractivity contribution >= 4 is 18.3 Å². The molecule has 1 aromatic carbocycles. The smallest absolute Gasteiger partial charge is 0.239 e. The number of hydrogen-bond donors (Lipinski definition) is 1. The molecule has 23 heavy (non-hydrogen) atoms. The number of carbonyl (C=O) groups is 1. The minimum atomic E-state index is 0. The van der Waals surface area contributed by atoms with Crippen LogP contribution in [-0.2, 0) is 11.2 Å². The second kappa shape index (κ2) is 8.70. The molecule has 3 unspecified atom stereocenters. The molecule has 1 saturated heterocycles. The molecule has 2 fully saturated rings. The highest BCUT2D eigenvalue weighted by atomic mass is 35.5. The number of benzene rings is 1. The predicted octanol–water partition coefficient (Wildman–Crippen LogP) is 3.42. The van der Waals surface area contributed by atoms with E-state index in [-0.39, 0.29) is 18.4 Å². The van der Waals surface area contributed by atoms with Crippen LogP contribution in [0.3, 0.4) is 0 Å². The van der Waals surface area contributed by atoms with Crippen LogP contribution in [0.1, 0.15) is 44.6 Å². The lowest BCUT2D eigenvalue weighted by molar-refractivity contribution is -0.133. The van der Waals surface area contributed by atoms with Crippen molar-refractivity contribution in [3.8, 4) is 0 Å². The van der Waals surface area contributed by atoms with Gasteiger partial charge in [-0.3, -0.25) is 4.79 Å². The summed E-state index contributed by atoms with van der Waals surface area (Å²) in [6.45, 7) is 3.72. The van der Waals surface area contributed by atoms with Crippen LogP contribution in [0, 0.1) is 5.92 Å². The van der Waals surface area contributed by atoms with Crippen molar-refractivity contribution in [1.82, 2.24) is 10.2 Å². The van der Waals surface area contributed by atoms with Crippen LogP contribution in [0.4, 0.5) is 0 Å². The van der Waals surface area contributed by atoms with Crippen molar-refractivity contribution in [2.45, 2.75) is 57.5 Å². The summed E-state index contributed by atoms with van der Waals surface area (Å²) in [5.41, 5.74) is 1.31. The van der Waals surface area contributed by atoms with Gasteiger partial charge in [-0.15, -0.1) is 12.4 Å².